The Morgan fingerprint density at radius 3 is 2.85 bits per heavy atom. The minimum atomic E-state index is -0.544. The summed E-state index contributed by atoms with van der Waals surface area (Å²) in [5.74, 6) is -0.485. The smallest absolute Gasteiger partial charge is 0.292 e. The molecule has 0 aliphatic carbocycles. The predicted octanol–water partition coefficient (Wildman–Crippen LogP) is 2.17. The van der Waals surface area contributed by atoms with E-state index in [0.29, 0.717) is 6.54 Å². The number of anilines is 1. The van der Waals surface area contributed by atoms with Gasteiger partial charge in [0.1, 0.15) is 11.5 Å². The van der Waals surface area contributed by atoms with Crippen molar-refractivity contribution in [1.29, 1.82) is 0 Å². The van der Waals surface area contributed by atoms with Crippen molar-refractivity contribution >= 4 is 11.4 Å². The summed E-state index contributed by atoms with van der Waals surface area (Å²) in [6, 6.07) is 3.33. The molecule has 0 amide bonds. The third kappa shape index (κ3) is 2.14. The molecule has 0 atom stereocenters. The van der Waals surface area contributed by atoms with Crippen molar-refractivity contribution in [2.45, 2.75) is 6.92 Å². The van der Waals surface area contributed by atoms with Crippen LogP contribution in [0, 0.1) is 15.9 Å². The highest BCUT2D eigenvalue weighted by molar-refractivity contribution is 5.61. The summed E-state index contributed by atoms with van der Waals surface area (Å²) in [5.41, 5.74) is 0.107. The zero-order chi connectivity index (χ0) is 9.84. The average molecular weight is 184 g/mol. The second kappa shape index (κ2) is 3.84. The van der Waals surface area contributed by atoms with Crippen LogP contribution >= 0.6 is 0 Å². The van der Waals surface area contributed by atoms with E-state index >= 15 is 0 Å². The molecule has 0 radical (unpaired) electrons. The zero-order valence-electron chi connectivity index (χ0n) is 7.08. The van der Waals surface area contributed by atoms with E-state index in [4.69, 9.17) is 0 Å². The molecule has 70 valence electrons. The largest absolute Gasteiger partial charge is 0.380 e. The Bertz CT molecular complexity index is 328. The van der Waals surface area contributed by atoms with E-state index in [1.54, 1.807) is 6.92 Å². The number of nitro groups is 1. The molecule has 0 unspecified atom stereocenters. The van der Waals surface area contributed by atoms with Gasteiger partial charge in [0.05, 0.1) is 4.92 Å². The summed E-state index contributed by atoms with van der Waals surface area (Å²) < 4.78 is 12.7. The van der Waals surface area contributed by atoms with Gasteiger partial charge < -0.3 is 5.32 Å². The molecule has 0 aliphatic heterocycles. The van der Waals surface area contributed by atoms with Crippen molar-refractivity contribution in [2.75, 3.05) is 11.9 Å². The van der Waals surface area contributed by atoms with Crippen molar-refractivity contribution < 1.29 is 9.31 Å². The number of rotatable bonds is 3. The molecular weight excluding hydrogens is 175 g/mol. The Balaban J connectivity index is 3.10. The molecule has 0 spiro atoms. The molecule has 0 heterocycles. The highest BCUT2D eigenvalue weighted by Gasteiger charge is 2.12. The molecule has 4 nitrogen and oxygen atoms in total. The van der Waals surface area contributed by atoms with Crippen LogP contribution in [-0.2, 0) is 0 Å². The standard InChI is InChI=1S/C8H9FN2O2/c1-2-10-7-5-6(9)3-4-8(7)11(12)13/h3-5,10H,2H2,1H3. The zero-order valence-corrected chi connectivity index (χ0v) is 7.08. The van der Waals surface area contributed by atoms with Crippen LogP contribution in [0.5, 0.6) is 0 Å². The molecule has 0 bridgehead atoms. The molecule has 13 heavy (non-hydrogen) atoms. The molecule has 0 fully saturated rings. The summed E-state index contributed by atoms with van der Waals surface area (Å²) in [5, 5.41) is 13.2. The first-order chi connectivity index (χ1) is 6.15. The third-order valence-electron chi connectivity index (χ3n) is 1.52. The first-order valence-electron chi connectivity index (χ1n) is 3.83. The lowest BCUT2D eigenvalue weighted by molar-refractivity contribution is -0.384. The van der Waals surface area contributed by atoms with Crippen molar-refractivity contribution in [3.63, 3.8) is 0 Å². The van der Waals surface area contributed by atoms with Gasteiger partial charge in [-0.25, -0.2) is 4.39 Å². The van der Waals surface area contributed by atoms with Crippen LogP contribution in [0.25, 0.3) is 0 Å². The Kier molecular flexibility index (Phi) is 2.79. The monoisotopic (exact) mass is 184 g/mol. The fourth-order valence-electron chi connectivity index (χ4n) is 1.000. The maximum absolute atomic E-state index is 12.7. The molecule has 1 rings (SSSR count). The lowest BCUT2D eigenvalue weighted by Crippen LogP contribution is -2.01. The maximum Gasteiger partial charge on any atom is 0.292 e. The highest BCUT2D eigenvalue weighted by Crippen LogP contribution is 2.24. The molecule has 1 N–H and O–H groups in total. The van der Waals surface area contributed by atoms with Gasteiger partial charge in [-0.2, -0.15) is 0 Å². The molecule has 0 saturated carbocycles. The summed E-state index contributed by atoms with van der Waals surface area (Å²) >= 11 is 0. The Hall–Kier alpha value is -1.65. The van der Waals surface area contributed by atoms with Crippen LogP contribution in [0.15, 0.2) is 18.2 Å². The van der Waals surface area contributed by atoms with E-state index in [1.165, 1.54) is 0 Å². The van der Waals surface area contributed by atoms with Crippen LogP contribution in [0.2, 0.25) is 0 Å². The lowest BCUT2D eigenvalue weighted by atomic mass is 10.2. The molecule has 0 saturated heterocycles. The first-order valence-corrected chi connectivity index (χ1v) is 3.83. The van der Waals surface area contributed by atoms with E-state index < -0.39 is 10.7 Å². The van der Waals surface area contributed by atoms with Crippen LogP contribution in [-0.4, -0.2) is 11.5 Å². The number of hydrogen-bond donors (Lipinski definition) is 1. The Morgan fingerprint density at radius 1 is 1.62 bits per heavy atom. The van der Waals surface area contributed by atoms with Crippen LogP contribution in [0.4, 0.5) is 15.8 Å². The van der Waals surface area contributed by atoms with Gasteiger partial charge in [0.15, 0.2) is 0 Å². The average Bonchev–Trinajstić information content (AvgIpc) is 2.04. The van der Waals surface area contributed by atoms with Crippen LogP contribution in [0.1, 0.15) is 6.92 Å². The van der Waals surface area contributed by atoms with Gasteiger partial charge >= 0.3 is 0 Å². The fourth-order valence-corrected chi connectivity index (χ4v) is 1.000. The van der Waals surface area contributed by atoms with Crippen molar-refractivity contribution in [2.24, 2.45) is 0 Å². The highest BCUT2D eigenvalue weighted by atomic mass is 19.1. The number of nitro benzene ring substituents is 1. The predicted molar refractivity (Wildman–Crippen MR) is 47.2 cm³/mol. The number of nitrogens with zero attached hydrogens (tertiary/aromatic N) is 1. The van der Waals surface area contributed by atoms with Crippen LogP contribution in [0.3, 0.4) is 0 Å². The van der Waals surface area contributed by atoms with Crippen molar-refractivity contribution in [1.82, 2.24) is 0 Å². The topological polar surface area (TPSA) is 55.2 Å². The molecule has 1 aromatic rings. The Morgan fingerprint density at radius 2 is 2.31 bits per heavy atom. The van der Waals surface area contributed by atoms with Crippen molar-refractivity contribution in [3.8, 4) is 0 Å². The van der Waals surface area contributed by atoms with Crippen LogP contribution < -0.4 is 5.32 Å². The van der Waals surface area contributed by atoms with E-state index in [9.17, 15) is 14.5 Å². The normalized spacial score (nSPS) is 9.69. The number of nitrogens with one attached hydrogen (secondary N) is 1. The van der Waals surface area contributed by atoms with E-state index in [0.717, 1.165) is 18.2 Å². The molecule has 0 aliphatic rings. The SMILES string of the molecule is CCNc1cc(F)ccc1[N+](=O)[O-]. The minimum Gasteiger partial charge on any atom is -0.380 e. The number of halogens is 1. The van der Waals surface area contributed by atoms with E-state index in [-0.39, 0.29) is 11.4 Å². The van der Waals surface area contributed by atoms with Gasteiger partial charge in [0.25, 0.3) is 5.69 Å². The van der Waals surface area contributed by atoms with E-state index in [2.05, 4.69) is 5.32 Å². The molecule has 5 heteroatoms. The molecular formula is C8H9FN2O2. The second-order valence-electron chi connectivity index (χ2n) is 2.45. The van der Waals surface area contributed by atoms with Crippen molar-refractivity contribution in [3.05, 3.63) is 34.1 Å². The van der Waals surface area contributed by atoms with Gasteiger partial charge in [-0.3, -0.25) is 10.1 Å². The van der Waals surface area contributed by atoms with Gasteiger partial charge in [0, 0.05) is 18.7 Å². The summed E-state index contributed by atoms with van der Waals surface area (Å²) in [7, 11) is 0. The fraction of sp³-hybridized carbons (Fsp3) is 0.250. The van der Waals surface area contributed by atoms with E-state index in [1.807, 2.05) is 0 Å². The van der Waals surface area contributed by atoms with Gasteiger partial charge in [-0.1, -0.05) is 0 Å². The third-order valence-corrected chi connectivity index (χ3v) is 1.52. The Labute approximate surface area is 74.5 Å². The van der Waals surface area contributed by atoms with Gasteiger partial charge in [-0.15, -0.1) is 0 Å². The van der Waals surface area contributed by atoms with Gasteiger partial charge in [0.2, 0.25) is 0 Å². The summed E-state index contributed by atoms with van der Waals surface area (Å²) in [4.78, 5) is 9.91. The quantitative estimate of drug-likeness (QED) is 0.578. The summed E-state index contributed by atoms with van der Waals surface area (Å²) in [6.07, 6.45) is 0. The maximum atomic E-state index is 12.7. The van der Waals surface area contributed by atoms with Gasteiger partial charge in [-0.05, 0) is 13.0 Å². The number of hydrogen-bond acceptors (Lipinski definition) is 3. The second-order valence-corrected chi connectivity index (χ2v) is 2.45. The minimum absolute atomic E-state index is 0.108. The number of benzene rings is 1. The lowest BCUT2D eigenvalue weighted by Gasteiger charge is -2.03. The molecule has 0 aromatic heterocycles. The summed E-state index contributed by atoms with van der Waals surface area (Å²) in [6.45, 7) is 2.30. The molecule has 1 aromatic carbocycles. The first kappa shape index (κ1) is 9.44.